The lowest BCUT2D eigenvalue weighted by Crippen LogP contribution is -2.48. The zero-order valence-corrected chi connectivity index (χ0v) is 21.0. The van der Waals surface area contributed by atoms with Gasteiger partial charge >= 0.3 is 0 Å². The minimum absolute atomic E-state index is 0. The number of benzene rings is 1. The summed E-state index contributed by atoms with van der Waals surface area (Å²) in [6.07, 6.45) is 1.81. The zero-order valence-electron chi connectivity index (χ0n) is 17.8. The second-order valence-corrected chi connectivity index (χ2v) is 9.76. The Morgan fingerprint density at radius 1 is 1.31 bits per heavy atom. The Balaban J connectivity index is 0.00000420. The molecule has 0 saturated carbocycles. The van der Waals surface area contributed by atoms with Crippen LogP contribution in [0.4, 0.5) is 0 Å². The molecule has 0 aliphatic carbocycles. The summed E-state index contributed by atoms with van der Waals surface area (Å²) in [5, 5.41) is 6.71. The highest BCUT2D eigenvalue weighted by molar-refractivity contribution is 14.0. The maximum atomic E-state index is 11.4. The number of aliphatic imine (C=N–C) groups is 1. The molecular weight excluding hydrogens is 503 g/mol. The SMILES string of the molecule is CN=C(NCC(c1cccc(C)c1)N1CCOCC1)NC(C)CCS(C)(=O)=O.I. The molecule has 1 heterocycles. The van der Waals surface area contributed by atoms with Crippen LogP contribution in [-0.4, -0.2) is 77.2 Å². The molecule has 7 nitrogen and oxygen atoms in total. The largest absolute Gasteiger partial charge is 0.379 e. The minimum Gasteiger partial charge on any atom is -0.379 e. The summed E-state index contributed by atoms with van der Waals surface area (Å²) in [4.78, 5) is 6.74. The molecule has 9 heteroatoms. The quantitative estimate of drug-likeness (QED) is 0.299. The van der Waals surface area contributed by atoms with Gasteiger partial charge in [0.25, 0.3) is 0 Å². The van der Waals surface area contributed by atoms with E-state index in [-0.39, 0.29) is 41.8 Å². The average Bonchev–Trinajstić information content (AvgIpc) is 2.66. The van der Waals surface area contributed by atoms with Crippen LogP contribution in [0.5, 0.6) is 0 Å². The molecule has 0 radical (unpaired) electrons. The van der Waals surface area contributed by atoms with E-state index in [9.17, 15) is 8.42 Å². The molecular formula is C20H35IN4O3S. The fourth-order valence-electron chi connectivity index (χ4n) is 3.31. The van der Waals surface area contributed by atoms with Crippen molar-refractivity contribution in [3.8, 4) is 0 Å². The highest BCUT2D eigenvalue weighted by Crippen LogP contribution is 2.22. The molecule has 166 valence electrons. The van der Waals surface area contributed by atoms with E-state index in [1.54, 1.807) is 7.05 Å². The smallest absolute Gasteiger partial charge is 0.191 e. The Kier molecular flexibility index (Phi) is 11.4. The van der Waals surface area contributed by atoms with E-state index < -0.39 is 9.84 Å². The van der Waals surface area contributed by atoms with Crippen molar-refractivity contribution in [3.05, 3.63) is 35.4 Å². The standard InChI is InChI=1S/C20H34N4O3S.HI/c1-16-6-5-7-18(14-16)19(24-9-11-27-12-10-24)15-22-20(21-3)23-17(2)8-13-28(4,25)26;/h5-7,14,17,19H,8-13,15H2,1-4H3,(H2,21,22,23);1H. The van der Waals surface area contributed by atoms with Gasteiger partial charge < -0.3 is 15.4 Å². The molecule has 2 N–H and O–H groups in total. The molecule has 1 saturated heterocycles. The molecule has 1 aromatic carbocycles. The van der Waals surface area contributed by atoms with Gasteiger partial charge in [-0.15, -0.1) is 24.0 Å². The van der Waals surface area contributed by atoms with E-state index in [2.05, 4.69) is 51.7 Å². The van der Waals surface area contributed by atoms with Gasteiger partial charge in [0.05, 0.1) is 25.0 Å². The maximum absolute atomic E-state index is 11.4. The molecule has 0 bridgehead atoms. The number of ether oxygens (including phenoxy) is 1. The van der Waals surface area contributed by atoms with Gasteiger partial charge in [-0.2, -0.15) is 0 Å². The van der Waals surface area contributed by atoms with Crippen molar-refractivity contribution < 1.29 is 13.2 Å². The summed E-state index contributed by atoms with van der Waals surface area (Å²) in [6, 6.07) is 8.83. The molecule has 0 aromatic heterocycles. The summed E-state index contributed by atoms with van der Waals surface area (Å²) in [6.45, 7) is 8.08. The van der Waals surface area contributed by atoms with Crippen LogP contribution in [0.15, 0.2) is 29.3 Å². The first-order chi connectivity index (χ1) is 13.3. The molecule has 2 atom stereocenters. The topological polar surface area (TPSA) is 83.0 Å². The number of nitrogens with one attached hydrogen (secondary N) is 2. The molecule has 0 amide bonds. The van der Waals surface area contributed by atoms with Crippen molar-refractivity contribution >= 4 is 39.8 Å². The van der Waals surface area contributed by atoms with E-state index in [1.165, 1.54) is 17.4 Å². The summed E-state index contributed by atoms with van der Waals surface area (Å²) in [5.74, 6) is 0.851. The molecule has 1 aliphatic rings. The number of nitrogens with zero attached hydrogens (tertiary/aromatic N) is 2. The third-order valence-corrected chi connectivity index (χ3v) is 5.88. The van der Waals surface area contributed by atoms with Crippen LogP contribution >= 0.6 is 24.0 Å². The molecule has 1 fully saturated rings. The molecule has 1 aliphatic heterocycles. The van der Waals surface area contributed by atoms with Gasteiger partial charge in [-0.3, -0.25) is 9.89 Å². The molecule has 0 spiro atoms. The highest BCUT2D eigenvalue weighted by Gasteiger charge is 2.23. The van der Waals surface area contributed by atoms with Crippen molar-refractivity contribution in [2.45, 2.75) is 32.4 Å². The number of sulfone groups is 1. The number of hydrogen-bond donors (Lipinski definition) is 2. The van der Waals surface area contributed by atoms with Crippen molar-refractivity contribution in [2.75, 3.05) is 51.9 Å². The predicted molar refractivity (Wildman–Crippen MR) is 130 cm³/mol. The van der Waals surface area contributed by atoms with E-state index >= 15 is 0 Å². The number of halogens is 1. The summed E-state index contributed by atoms with van der Waals surface area (Å²) >= 11 is 0. The minimum atomic E-state index is -2.96. The Labute approximate surface area is 192 Å². The average molecular weight is 538 g/mol. The Morgan fingerprint density at radius 3 is 2.59 bits per heavy atom. The van der Waals surface area contributed by atoms with Crippen molar-refractivity contribution in [1.82, 2.24) is 15.5 Å². The van der Waals surface area contributed by atoms with Crippen LogP contribution in [-0.2, 0) is 14.6 Å². The lowest BCUT2D eigenvalue weighted by atomic mass is 10.0. The second kappa shape index (κ2) is 12.7. The zero-order chi connectivity index (χ0) is 20.6. The number of morpholine rings is 1. The lowest BCUT2D eigenvalue weighted by Gasteiger charge is -2.35. The Hall–Kier alpha value is -0.910. The fourth-order valence-corrected chi connectivity index (χ4v) is 4.09. The van der Waals surface area contributed by atoms with E-state index in [4.69, 9.17) is 4.74 Å². The maximum Gasteiger partial charge on any atom is 0.191 e. The van der Waals surface area contributed by atoms with E-state index in [0.717, 1.165) is 26.3 Å². The molecule has 2 rings (SSSR count). The van der Waals surface area contributed by atoms with Crippen LogP contribution in [0.1, 0.15) is 30.5 Å². The van der Waals surface area contributed by atoms with Crippen LogP contribution in [0.2, 0.25) is 0 Å². The van der Waals surface area contributed by atoms with E-state index in [1.807, 2.05) is 6.92 Å². The predicted octanol–water partition coefficient (Wildman–Crippen LogP) is 1.97. The fraction of sp³-hybridized carbons (Fsp3) is 0.650. The number of aryl methyl sites for hydroxylation is 1. The number of guanidine groups is 1. The van der Waals surface area contributed by atoms with Gasteiger partial charge in [0, 0.05) is 39.0 Å². The molecule has 29 heavy (non-hydrogen) atoms. The third-order valence-electron chi connectivity index (χ3n) is 4.90. The molecule has 2 unspecified atom stereocenters. The summed E-state index contributed by atoms with van der Waals surface area (Å²) < 4.78 is 28.3. The third kappa shape index (κ3) is 9.63. The van der Waals surface area contributed by atoms with Gasteiger partial charge in [-0.1, -0.05) is 29.8 Å². The van der Waals surface area contributed by atoms with Crippen LogP contribution in [0.25, 0.3) is 0 Å². The summed E-state index contributed by atoms with van der Waals surface area (Å²) in [7, 11) is -1.23. The normalized spacial score (nSPS) is 17.9. The van der Waals surface area contributed by atoms with Gasteiger partial charge in [-0.25, -0.2) is 8.42 Å². The van der Waals surface area contributed by atoms with Gasteiger partial charge in [0.15, 0.2) is 5.96 Å². The first-order valence-electron chi connectivity index (χ1n) is 9.82. The highest BCUT2D eigenvalue weighted by atomic mass is 127. The van der Waals surface area contributed by atoms with Crippen LogP contribution in [0, 0.1) is 6.92 Å². The first-order valence-corrected chi connectivity index (χ1v) is 11.9. The Bertz CT molecular complexity index is 752. The van der Waals surface area contributed by atoms with Gasteiger partial charge in [0.1, 0.15) is 9.84 Å². The van der Waals surface area contributed by atoms with Crippen molar-refractivity contribution in [2.24, 2.45) is 4.99 Å². The van der Waals surface area contributed by atoms with E-state index in [0.29, 0.717) is 18.9 Å². The summed E-state index contributed by atoms with van der Waals surface area (Å²) in [5.41, 5.74) is 2.52. The number of rotatable bonds is 8. The first kappa shape index (κ1) is 26.1. The van der Waals surface area contributed by atoms with Crippen LogP contribution in [0.3, 0.4) is 0 Å². The Morgan fingerprint density at radius 2 is 2.00 bits per heavy atom. The monoisotopic (exact) mass is 538 g/mol. The van der Waals surface area contributed by atoms with Gasteiger partial charge in [0.2, 0.25) is 0 Å². The molecule has 1 aromatic rings. The lowest BCUT2D eigenvalue weighted by molar-refractivity contribution is 0.0170. The van der Waals surface area contributed by atoms with Gasteiger partial charge in [-0.05, 0) is 25.8 Å². The second-order valence-electron chi connectivity index (χ2n) is 7.50. The van der Waals surface area contributed by atoms with Crippen molar-refractivity contribution in [3.63, 3.8) is 0 Å². The van der Waals surface area contributed by atoms with Crippen LogP contribution < -0.4 is 10.6 Å². The number of hydrogen-bond acceptors (Lipinski definition) is 5. The van der Waals surface area contributed by atoms with Crippen molar-refractivity contribution in [1.29, 1.82) is 0 Å².